The van der Waals surface area contributed by atoms with Gasteiger partial charge in [-0.05, 0) is 55.2 Å². The van der Waals surface area contributed by atoms with E-state index in [0.717, 1.165) is 66.1 Å². The lowest BCUT2D eigenvalue weighted by atomic mass is 9.82. The van der Waals surface area contributed by atoms with Gasteiger partial charge in [-0.1, -0.05) is 32.0 Å². The third-order valence-electron chi connectivity index (χ3n) is 9.23. The number of anilines is 3. The molecule has 5 heterocycles. The van der Waals surface area contributed by atoms with Crippen molar-refractivity contribution >= 4 is 23.4 Å². The maximum Gasteiger partial charge on any atom is 0.307 e. The molecule has 0 unspecified atom stereocenters. The molecular formula is C33H41FN6O3. The molecule has 10 heteroatoms. The van der Waals surface area contributed by atoms with Crippen molar-refractivity contribution < 1.29 is 19.0 Å². The van der Waals surface area contributed by atoms with Crippen molar-refractivity contribution in [1.82, 2.24) is 15.0 Å². The molecule has 9 nitrogen and oxygen atoms in total. The number of fused-ring (bicyclic) bond motifs is 1. The van der Waals surface area contributed by atoms with Crippen LogP contribution in [0, 0.1) is 25.1 Å². The molecule has 0 saturated carbocycles. The van der Waals surface area contributed by atoms with Crippen LogP contribution in [0.15, 0.2) is 24.4 Å². The van der Waals surface area contributed by atoms with E-state index in [9.17, 15) is 14.3 Å². The van der Waals surface area contributed by atoms with E-state index >= 15 is 0 Å². The molecular weight excluding hydrogens is 547 g/mol. The van der Waals surface area contributed by atoms with Gasteiger partial charge in [-0.3, -0.25) is 9.78 Å². The summed E-state index contributed by atoms with van der Waals surface area (Å²) < 4.78 is 20.1. The standard InChI is InChI=1S/C33H41FN6O3/c1-21-26(18-28(41)42)30(38-11-8-33(3,4)9-12-38)29(22(2)36-21)24-5-6-25-20-40(10-7-23(25)17-24)32-35-19-27(34)31(37-32)39-13-15-43-16-14-39/h5-6,17,19H,7-16,18,20H2,1-4H3,(H,41,42). The first kappa shape index (κ1) is 29.3. The van der Waals surface area contributed by atoms with E-state index in [2.05, 4.69) is 51.8 Å². The van der Waals surface area contributed by atoms with E-state index in [1.807, 2.05) is 18.7 Å². The quantitative estimate of drug-likeness (QED) is 0.429. The Morgan fingerprint density at radius 3 is 2.44 bits per heavy atom. The largest absolute Gasteiger partial charge is 0.481 e. The van der Waals surface area contributed by atoms with Gasteiger partial charge in [0, 0.05) is 61.8 Å². The van der Waals surface area contributed by atoms with E-state index in [4.69, 9.17) is 9.72 Å². The average Bonchev–Trinajstić information content (AvgIpc) is 2.98. The van der Waals surface area contributed by atoms with Gasteiger partial charge in [0.05, 0.1) is 31.5 Å². The molecule has 3 aliphatic rings. The highest BCUT2D eigenvalue weighted by Gasteiger charge is 2.31. The lowest BCUT2D eigenvalue weighted by molar-refractivity contribution is -0.136. The maximum absolute atomic E-state index is 14.7. The summed E-state index contributed by atoms with van der Waals surface area (Å²) in [5, 5.41) is 9.82. The first-order chi connectivity index (χ1) is 20.6. The predicted octanol–water partition coefficient (Wildman–Crippen LogP) is 4.95. The predicted molar refractivity (Wildman–Crippen MR) is 165 cm³/mol. The molecule has 1 N–H and O–H groups in total. The average molecular weight is 589 g/mol. The number of benzene rings is 1. The molecule has 0 bridgehead atoms. The van der Waals surface area contributed by atoms with Crippen molar-refractivity contribution in [3.05, 3.63) is 58.3 Å². The van der Waals surface area contributed by atoms with Crippen molar-refractivity contribution in [3.8, 4) is 11.1 Å². The Bertz CT molecular complexity index is 1530. The minimum Gasteiger partial charge on any atom is -0.481 e. The Hall–Kier alpha value is -3.79. The third-order valence-corrected chi connectivity index (χ3v) is 9.23. The highest BCUT2D eigenvalue weighted by atomic mass is 19.1. The molecule has 228 valence electrons. The van der Waals surface area contributed by atoms with Crippen LogP contribution in [0.3, 0.4) is 0 Å². The highest BCUT2D eigenvalue weighted by Crippen LogP contribution is 2.42. The summed E-state index contributed by atoms with van der Waals surface area (Å²) in [6.07, 6.45) is 4.13. The van der Waals surface area contributed by atoms with Gasteiger partial charge in [-0.25, -0.2) is 9.37 Å². The number of morpholine rings is 1. The van der Waals surface area contributed by atoms with Crippen LogP contribution in [0.25, 0.3) is 11.1 Å². The first-order valence-corrected chi connectivity index (χ1v) is 15.3. The van der Waals surface area contributed by atoms with E-state index < -0.39 is 11.8 Å². The number of aliphatic carboxylic acids is 1. The Kier molecular flexibility index (Phi) is 7.98. The van der Waals surface area contributed by atoms with Gasteiger partial charge >= 0.3 is 5.97 Å². The summed E-state index contributed by atoms with van der Waals surface area (Å²) in [5.74, 6) is -0.388. The van der Waals surface area contributed by atoms with Gasteiger partial charge in [0.2, 0.25) is 5.95 Å². The fourth-order valence-electron chi connectivity index (χ4n) is 6.64. The number of hydrogen-bond acceptors (Lipinski definition) is 8. The van der Waals surface area contributed by atoms with Crippen molar-refractivity contribution in [3.63, 3.8) is 0 Å². The third kappa shape index (κ3) is 6.02. The van der Waals surface area contributed by atoms with Gasteiger partial charge < -0.3 is 24.5 Å². The second kappa shape index (κ2) is 11.7. The lowest BCUT2D eigenvalue weighted by Crippen LogP contribution is -2.38. The number of aryl methyl sites for hydroxylation is 2. The molecule has 0 radical (unpaired) electrons. The summed E-state index contributed by atoms with van der Waals surface area (Å²) in [4.78, 5) is 32.2. The minimum atomic E-state index is -0.844. The van der Waals surface area contributed by atoms with Crippen molar-refractivity contribution in [2.24, 2.45) is 5.41 Å². The lowest BCUT2D eigenvalue weighted by Gasteiger charge is -2.40. The SMILES string of the molecule is Cc1nc(C)c(-c2ccc3c(c2)CCN(c2ncc(F)c(N4CCOCC4)n2)C3)c(N2CCC(C)(C)CC2)c1CC(=O)O. The number of ether oxygens (including phenoxy) is 1. The zero-order valence-corrected chi connectivity index (χ0v) is 25.6. The molecule has 0 spiro atoms. The monoisotopic (exact) mass is 588 g/mol. The Morgan fingerprint density at radius 2 is 1.72 bits per heavy atom. The Labute approximate surface area is 252 Å². The van der Waals surface area contributed by atoms with Gasteiger partial charge in [-0.15, -0.1) is 0 Å². The van der Waals surface area contributed by atoms with E-state index in [1.165, 1.54) is 17.3 Å². The number of carboxylic acid groups (broad SMARTS) is 1. The topological polar surface area (TPSA) is 94.9 Å². The number of aromatic nitrogens is 3. The van der Waals surface area contributed by atoms with E-state index in [0.29, 0.717) is 51.2 Å². The first-order valence-electron chi connectivity index (χ1n) is 15.3. The number of carboxylic acids is 1. The Balaban J connectivity index is 1.32. The summed E-state index contributed by atoms with van der Waals surface area (Å²) in [5.41, 5.74) is 8.33. The minimum absolute atomic E-state index is 0.0502. The number of halogens is 1. The van der Waals surface area contributed by atoms with Crippen LogP contribution in [-0.4, -0.2) is 72.0 Å². The number of piperidine rings is 1. The zero-order chi connectivity index (χ0) is 30.3. The van der Waals surface area contributed by atoms with Gasteiger partial charge in [-0.2, -0.15) is 4.98 Å². The molecule has 2 aromatic heterocycles. The number of rotatable bonds is 6. The molecule has 2 fully saturated rings. The molecule has 0 amide bonds. The molecule has 3 aromatic rings. The summed E-state index contributed by atoms with van der Waals surface area (Å²) in [6, 6.07) is 6.54. The number of hydrogen-bond donors (Lipinski definition) is 1. The fourth-order valence-corrected chi connectivity index (χ4v) is 6.64. The normalized spacial score (nSPS) is 18.5. The molecule has 6 rings (SSSR count). The number of pyridine rings is 1. The molecule has 2 saturated heterocycles. The van der Waals surface area contributed by atoms with Crippen LogP contribution >= 0.6 is 0 Å². The summed E-state index contributed by atoms with van der Waals surface area (Å²) in [6.45, 7) is 14.0. The Morgan fingerprint density at radius 1 is 0.977 bits per heavy atom. The summed E-state index contributed by atoms with van der Waals surface area (Å²) >= 11 is 0. The van der Waals surface area contributed by atoms with Crippen molar-refractivity contribution in [2.45, 2.75) is 59.9 Å². The second-order valence-electron chi connectivity index (χ2n) is 12.8. The van der Waals surface area contributed by atoms with Crippen molar-refractivity contribution in [2.75, 3.05) is 60.6 Å². The van der Waals surface area contributed by atoms with Crippen LogP contribution in [0.5, 0.6) is 0 Å². The van der Waals surface area contributed by atoms with Crippen LogP contribution < -0.4 is 14.7 Å². The van der Waals surface area contributed by atoms with Crippen LogP contribution in [-0.2, 0) is 28.9 Å². The van der Waals surface area contributed by atoms with Crippen molar-refractivity contribution in [1.29, 1.82) is 0 Å². The number of nitrogens with zero attached hydrogens (tertiary/aromatic N) is 6. The molecule has 0 aliphatic carbocycles. The smallest absolute Gasteiger partial charge is 0.307 e. The van der Waals surface area contributed by atoms with Gasteiger partial charge in [0.15, 0.2) is 11.6 Å². The van der Waals surface area contributed by atoms with Crippen LogP contribution in [0.1, 0.15) is 54.8 Å². The summed E-state index contributed by atoms with van der Waals surface area (Å²) in [7, 11) is 0. The molecule has 0 atom stereocenters. The second-order valence-corrected chi connectivity index (χ2v) is 12.8. The van der Waals surface area contributed by atoms with Gasteiger partial charge in [0.25, 0.3) is 0 Å². The highest BCUT2D eigenvalue weighted by molar-refractivity contribution is 5.86. The molecule has 3 aliphatic heterocycles. The zero-order valence-electron chi connectivity index (χ0n) is 25.6. The maximum atomic E-state index is 14.7. The van der Waals surface area contributed by atoms with E-state index in [1.54, 1.807) is 0 Å². The van der Waals surface area contributed by atoms with Crippen LogP contribution in [0.4, 0.5) is 21.8 Å². The number of carbonyl (C=O) groups is 1. The van der Waals surface area contributed by atoms with E-state index in [-0.39, 0.29) is 11.8 Å². The van der Waals surface area contributed by atoms with Crippen LogP contribution in [0.2, 0.25) is 0 Å². The fraction of sp³-hybridized carbons (Fsp3) is 0.515. The molecule has 43 heavy (non-hydrogen) atoms. The molecule has 1 aromatic carbocycles. The van der Waals surface area contributed by atoms with Gasteiger partial charge in [0.1, 0.15) is 0 Å².